The van der Waals surface area contributed by atoms with E-state index < -0.39 is 6.10 Å². The number of piperazine rings is 1. The third-order valence-electron chi connectivity index (χ3n) is 5.16. The van der Waals surface area contributed by atoms with Crippen LogP contribution < -0.4 is 15.2 Å². The predicted octanol–water partition coefficient (Wildman–Crippen LogP) is 0.495. The monoisotopic (exact) mass is 377 g/mol. The largest absolute Gasteiger partial charge is 0.497 e. The fourth-order valence-corrected chi connectivity index (χ4v) is 3.54. The second kappa shape index (κ2) is 8.58. The average Bonchev–Trinajstić information content (AvgIpc) is 3.21. The minimum atomic E-state index is -0.400. The van der Waals surface area contributed by atoms with E-state index in [9.17, 15) is 9.59 Å². The van der Waals surface area contributed by atoms with Crippen LogP contribution in [0.2, 0.25) is 0 Å². The third kappa shape index (κ3) is 4.17. The highest BCUT2D eigenvalue weighted by atomic mass is 16.5. The molecule has 0 radical (unpaired) electrons. The quantitative estimate of drug-likeness (QED) is 0.803. The van der Waals surface area contributed by atoms with Crippen LogP contribution in [0.4, 0.5) is 0 Å². The van der Waals surface area contributed by atoms with Crippen LogP contribution in [-0.4, -0.2) is 80.8 Å². The van der Waals surface area contributed by atoms with Crippen molar-refractivity contribution in [3.05, 3.63) is 23.8 Å². The van der Waals surface area contributed by atoms with E-state index in [2.05, 4.69) is 0 Å². The van der Waals surface area contributed by atoms with Crippen LogP contribution in [0.15, 0.2) is 18.2 Å². The lowest BCUT2D eigenvalue weighted by molar-refractivity contribution is -0.144. The molecule has 1 aromatic rings. The lowest BCUT2D eigenvalue weighted by atomic mass is 10.1. The van der Waals surface area contributed by atoms with Crippen molar-refractivity contribution in [3.63, 3.8) is 0 Å². The Bertz CT molecular complexity index is 688. The summed E-state index contributed by atoms with van der Waals surface area (Å²) in [5, 5.41) is 0. The number of carbonyl (C=O) groups is 2. The molecule has 0 bridgehead atoms. The molecule has 2 aliphatic rings. The molecule has 0 spiro atoms. The van der Waals surface area contributed by atoms with Gasteiger partial charge in [-0.3, -0.25) is 9.59 Å². The van der Waals surface area contributed by atoms with Crippen LogP contribution in [0.25, 0.3) is 0 Å². The predicted molar refractivity (Wildman–Crippen MR) is 99.0 cm³/mol. The van der Waals surface area contributed by atoms with Gasteiger partial charge in [0.05, 0.1) is 25.9 Å². The molecule has 0 aromatic heterocycles. The normalized spacial score (nSPS) is 22.6. The molecule has 2 atom stereocenters. The van der Waals surface area contributed by atoms with E-state index in [-0.39, 0.29) is 17.9 Å². The Morgan fingerprint density at radius 3 is 2.41 bits per heavy atom. The molecule has 3 rings (SSSR count). The summed E-state index contributed by atoms with van der Waals surface area (Å²) in [5.74, 6) is 0.998. The minimum absolute atomic E-state index is 0.0000713. The van der Waals surface area contributed by atoms with E-state index in [0.29, 0.717) is 56.2 Å². The van der Waals surface area contributed by atoms with E-state index in [1.807, 2.05) is 0 Å². The van der Waals surface area contributed by atoms with Crippen LogP contribution in [0.5, 0.6) is 11.5 Å². The molecule has 8 heteroatoms. The van der Waals surface area contributed by atoms with Crippen molar-refractivity contribution in [2.24, 2.45) is 5.73 Å². The Hall–Kier alpha value is -2.32. The van der Waals surface area contributed by atoms with Gasteiger partial charge in [0.1, 0.15) is 17.6 Å². The van der Waals surface area contributed by atoms with Gasteiger partial charge >= 0.3 is 0 Å². The Labute approximate surface area is 159 Å². The minimum Gasteiger partial charge on any atom is -0.497 e. The van der Waals surface area contributed by atoms with Crippen molar-refractivity contribution in [2.75, 3.05) is 46.9 Å². The summed E-state index contributed by atoms with van der Waals surface area (Å²) in [4.78, 5) is 29.0. The van der Waals surface area contributed by atoms with Crippen molar-refractivity contribution in [2.45, 2.75) is 25.0 Å². The molecule has 27 heavy (non-hydrogen) atoms. The van der Waals surface area contributed by atoms with Crippen LogP contribution in [0, 0.1) is 0 Å². The highest BCUT2D eigenvalue weighted by Gasteiger charge is 2.35. The van der Waals surface area contributed by atoms with Gasteiger partial charge in [-0.15, -0.1) is 0 Å². The Kier molecular flexibility index (Phi) is 6.18. The number of benzene rings is 1. The number of methoxy groups -OCH3 is 2. The van der Waals surface area contributed by atoms with Gasteiger partial charge in [0.25, 0.3) is 11.8 Å². The number of amides is 2. The Morgan fingerprint density at radius 1 is 1.11 bits per heavy atom. The van der Waals surface area contributed by atoms with E-state index >= 15 is 0 Å². The number of nitrogens with two attached hydrogens (primary N) is 1. The van der Waals surface area contributed by atoms with Gasteiger partial charge < -0.3 is 29.7 Å². The van der Waals surface area contributed by atoms with E-state index in [4.69, 9.17) is 19.9 Å². The molecule has 0 unspecified atom stereocenters. The zero-order valence-corrected chi connectivity index (χ0v) is 15.8. The maximum atomic E-state index is 12.9. The van der Waals surface area contributed by atoms with Gasteiger partial charge in [-0.25, -0.2) is 0 Å². The SMILES string of the molecule is COc1ccc(C(=O)N2CCN(C(=O)[C@@H]3CC[C@H](CN)O3)CC2)c(OC)c1. The van der Waals surface area contributed by atoms with E-state index in [1.54, 1.807) is 35.1 Å². The highest BCUT2D eigenvalue weighted by Crippen LogP contribution is 2.26. The topological polar surface area (TPSA) is 94.3 Å². The fraction of sp³-hybridized carbons (Fsp3) is 0.579. The molecule has 1 aromatic carbocycles. The highest BCUT2D eigenvalue weighted by molar-refractivity contribution is 5.97. The molecule has 2 amide bonds. The summed E-state index contributed by atoms with van der Waals surface area (Å²) in [6.07, 6.45) is 1.11. The molecule has 0 saturated carbocycles. The Morgan fingerprint density at radius 2 is 1.81 bits per heavy atom. The number of hydrogen-bond donors (Lipinski definition) is 1. The maximum absolute atomic E-state index is 12.9. The molecule has 2 saturated heterocycles. The molecular weight excluding hydrogens is 350 g/mol. The number of ether oxygens (including phenoxy) is 3. The van der Waals surface area contributed by atoms with Gasteiger partial charge in [0, 0.05) is 38.8 Å². The van der Waals surface area contributed by atoms with Crippen LogP contribution in [0.3, 0.4) is 0 Å². The van der Waals surface area contributed by atoms with Gasteiger partial charge in [-0.1, -0.05) is 0 Å². The summed E-state index contributed by atoms with van der Waals surface area (Å²) in [7, 11) is 3.09. The first-order valence-electron chi connectivity index (χ1n) is 9.23. The van der Waals surface area contributed by atoms with Crippen LogP contribution >= 0.6 is 0 Å². The smallest absolute Gasteiger partial charge is 0.257 e. The summed E-state index contributed by atoms with van der Waals surface area (Å²) in [6, 6.07) is 5.13. The Balaban J connectivity index is 1.59. The van der Waals surface area contributed by atoms with E-state index in [0.717, 1.165) is 6.42 Å². The maximum Gasteiger partial charge on any atom is 0.257 e. The molecule has 2 fully saturated rings. The van der Waals surface area contributed by atoms with E-state index in [1.165, 1.54) is 7.11 Å². The average molecular weight is 377 g/mol. The van der Waals surface area contributed by atoms with Crippen molar-refractivity contribution >= 4 is 11.8 Å². The van der Waals surface area contributed by atoms with Crippen LogP contribution in [0.1, 0.15) is 23.2 Å². The van der Waals surface area contributed by atoms with Crippen molar-refractivity contribution in [3.8, 4) is 11.5 Å². The molecule has 2 aliphatic heterocycles. The standard InChI is InChI=1S/C19H27N3O5/c1-25-13-3-5-15(17(11-13)26-2)18(23)21-7-9-22(10-8-21)19(24)16-6-4-14(12-20)27-16/h3,5,11,14,16H,4,6-10,12,20H2,1-2H3/t14-,16+/m1/s1. The first-order chi connectivity index (χ1) is 13.1. The zero-order chi connectivity index (χ0) is 19.4. The lowest BCUT2D eigenvalue weighted by Crippen LogP contribution is -2.53. The number of rotatable bonds is 5. The fourth-order valence-electron chi connectivity index (χ4n) is 3.54. The lowest BCUT2D eigenvalue weighted by Gasteiger charge is -2.36. The second-order valence-electron chi connectivity index (χ2n) is 6.74. The molecule has 2 N–H and O–H groups in total. The second-order valence-corrected chi connectivity index (χ2v) is 6.74. The summed E-state index contributed by atoms with van der Waals surface area (Å²) in [5.41, 5.74) is 6.10. The number of nitrogens with zero attached hydrogens (tertiary/aromatic N) is 2. The number of hydrogen-bond acceptors (Lipinski definition) is 6. The number of carbonyl (C=O) groups excluding carboxylic acids is 2. The van der Waals surface area contributed by atoms with Crippen molar-refractivity contribution < 1.29 is 23.8 Å². The van der Waals surface area contributed by atoms with Gasteiger partial charge in [-0.05, 0) is 25.0 Å². The molecular formula is C19H27N3O5. The first-order valence-corrected chi connectivity index (χ1v) is 9.23. The van der Waals surface area contributed by atoms with Crippen molar-refractivity contribution in [1.82, 2.24) is 9.80 Å². The summed E-state index contributed by atoms with van der Waals surface area (Å²) >= 11 is 0. The van der Waals surface area contributed by atoms with Crippen LogP contribution in [-0.2, 0) is 9.53 Å². The first kappa shape index (κ1) is 19.4. The zero-order valence-electron chi connectivity index (χ0n) is 15.8. The molecule has 8 nitrogen and oxygen atoms in total. The van der Waals surface area contributed by atoms with Gasteiger partial charge in [0.2, 0.25) is 0 Å². The molecule has 0 aliphatic carbocycles. The van der Waals surface area contributed by atoms with Crippen molar-refractivity contribution in [1.29, 1.82) is 0 Å². The molecule has 148 valence electrons. The summed E-state index contributed by atoms with van der Waals surface area (Å²) in [6.45, 7) is 2.39. The summed E-state index contributed by atoms with van der Waals surface area (Å²) < 4.78 is 16.2. The van der Waals surface area contributed by atoms with Gasteiger partial charge in [0.15, 0.2) is 0 Å². The molecule has 2 heterocycles. The van der Waals surface area contributed by atoms with Gasteiger partial charge in [-0.2, -0.15) is 0 Å². The third-order valence-corrected chi connectivity index (χ3v) is 5.16.